The molecule has 0 unspecified atom stereocenters. The van der Waals surface area contributed by atoms with Gasteiger partial charge in [-0.25, -0.2) is 8.78 Å². The Bertz CT molecular complexity index is 573. The molecular weight excluding hydrogens is 349 g/mol. The zero-order valence-electron chi connectivity index (χ0n) is 9.38. The molecule has 2 nitrogen and oxygen atoms in total. The molecular formula is C13H11F2IN2. The SMILES string of the molecule is Nc1cc(I)ccc1NCc1cc(F)ccc1F. The Morgan fingerprint density at radius 3 is 2.61 bits per heavy atom. The molecule has 0 aliphatic heterocycles. The van der Waals surface area contributed by atoms with Crippen molar-refractivity contribution in [2.45, 2.75) is 6.54 Å². The molecule has 2 aromatic rings. The average Bonchev–Trinajstić information content (AvgIpc) is 2.32. The Kier molecular flexibility index (Phi) is 4.00. The van der Waals surface area contributed by atoms with Crippen molar-refractivity contribution < 1.29 is 8.78 Å². The van der Waals surface area contributed by atoms with Crippen molar-refractivity contribution in [2.75, 3.05) is 11.1 Å². The van der Waals surface area contributed by atoms with E-state index in [0.717, 1.165) is 15.7 Å². The molecule has 0 amide bonds. The number of nitrogens with two attached hydrogens (primary N) is 1. The molecule has 0 bridgehead atoms. The highest BCUT2D eigenvalue weighted by atomic mass is 127. The molecule has 0 aromatic heterocycles. The fourth-order valence-electron chi connectivity index (χ4n) is 1.56. The Morgan fingerprint density at radius 2 is 1.89 bits per heavy atom. The zero-order valence-corrected chi connectivity index (χ0v) is 11.5. The number of halogens is 3. The van der Waals surface area contributed by atoms with Gasteiger partial charge in [-0.15, -0.1) is 0 Å². The lowest BCUT2D eigenvalue weighted by Crippen LogP contribution is -2.04. The van der Waals surface area contributed by atoms with E-state index in [1.165, 1.54) is 6.07 Å². The number of nitrogen functional groups attached to an aromatic ring is 1. The van der Waals surface area contributed by atoms with Crippen LogP contribution in [0.25, 0.3) is 0 Å². The first-order valence-corrected chi connectivity index (χ1v) is 6.37. The first kappa shape index (κ1) is 13.1. The number of nitrogens with one attached hydrogen (secondary N) is 1. The van der Waals surface area contributed by atoms with E-state index in [1.54, 1.807) is 0 Å². The van der Waals surface area contributed by atoms with Gasteiger partial charge in [-0.05, 0) is 59.0 Å². The van der Waals surface area contributed by atoms with Gasteiger partial charge in [0.05, 0.1) is 11.4 Å². The molecule has 18 heavy (non-hydrogen) atoms. The second-order valence-corrected chi connectivity index (χ2v) is 5.07. The summed E-state index contributed by atoms with van der Waals surface area (Å²) in [5.41, 5.74) is 7.38. The van der Waals surface area contributed by atoms with E-state index in [4.69, 9.17) is 5.73 Å². The van der Waals surface area contributed by atoms with Gasteiger partial charge in [-0.2, -0.15) is 0 Å². The summed E-state index contributed by atoms with van der Waals surface area (Å²) >= 11 is 2.15. The molecule has 0 radical (unpaired) electrons. The van der Waals surface area contributed by atoms with Gasteiger partial charge in [0, 0.05) is 15.7 Å². The molecule has 2 rings (SSSR count). The summed E-state index contributed by atoms with van der Waals surface area (Å²) < 4.78 is 27.4. The van der Waals surface area contributed by atoms with Crippen molar-refractivity contribution in [2.24, 2.45) is 0 Å². The number of rotatable bonds is 3. The highest BCUT2D eigenvalue weighted by Crippen LogP contribution is 2.22. The Morgan fingerprint density at radius 1 is 1.11 bits per heavy atom. The van der Waals surface area contributed by atoms with Crippen molar-refractivity contribution in [3.63, 3.8) is 0 Å². The molecule has 0 heterocycles. The highest BCUT2D eigenvalue weighted by molar-refractivity contribution is 14.1. The van der Waals surface area contributed by atoms with E-state index in [2.05, 4.69) is 27.9 Å². The fourth-order valence-corrected chi connectivity index (χ4v) is 2.08. The van der Waals surface area contributed by atoms with Crippen LogP contribution < -0.4 is 11.1 Å². The minimum Gasteiger partial charge on any atom is -0.397 e. The van der Waals surface area contributed by atoms with Gasteiger partial charge < -0.3 is 11.1 Å². The van der Waals surface area contributed by atoms with Crippen LogP contribution in [0, 0.1) is 15.2 Å². The Labute approximate surface area is 117 Å². The summed E-state index contributed by atoms with van der Waals surface area (Å²) in [6.45, 7) is 0.189. The third-order valence-corrected chi connectivity index (χ3v) is 3.16. The van der Waals surface area contributed by atoms with Crippen molar-refractivity contribution >= 4 is 34.0 Å². The van der Waals surface area contributed by atoms with Crippen molar-refractivity contribution in [1.82, 2.24) is 0 Å². The van der Waals surface area contributed by atoms with Crippen molar-refractivity contribution in [3.8, 4) is 0 Å². The first-order chi connectivity index (χ1) is 8.56. The maximum absolute atomic E-state index is 13.4. The molecule has 0 saturated carbocycles. The second kappa shape index (κ2) is 5.51. The third kappa shape index (κ3) is 3.10. The normalized spacial score (nSPS) is 10.4. The molecule has 5 heteroatoms. The molecule has 0 spiro atoms. The summed E-state index contributed by atoms with van der Waals surface area (Å²) in [6, 6.07) is 8.90. The number of benzene rings is 2. The molecule has 0 aliphatic carbocycles. The van der Waals surface area contributed by atoms with Gasteiger partial charge in [0.15, 0.2) is 0 Å². The number of hydrogen-bond donors (Lipinski definition) is 2. The van der Waals surface area contributed by atoms with Crippen LogP contribution in [0.2, 0.25) is 0 Å². The van der Waals surface area contributed by atoms with E-state index in [9.17, 15) is 8.78 Å². The minimum absolute atomic E-state index is 0.189. The lowest BCUT2D eigenvalue weighted by atomic mass is 10.2. The average molecular weight is 360 g/mol. The van der Waals surface area contributed by atoms with Crippen LogP contribution in [-0.4, -0.2) is 0 Å². The lowest BCUT2D eigenvalue weighted by Gasteiger charge is -2.10. The maximum atomic E-state index is 13.4. The quantitative estimate of drug-likeness (QED) is 0.646. The van der Waals surface area contributed by atoms with E-state index in [0.29, 0.717) is 11.4 Å². The number of hydrogen-bond acceptors (Lipinski definition) is 2. The summed E-state index contributed by atoms with van der Waals surface area (Å²) in [4.78, 5) is 0. The summed E-state index contributed by atoms with van der Waals surface area (Å²) in [5.74, 6) is -0.892. The van der Waals surface area contributed by atoms with Gasteiger partial charge in [0.1, 0.15) is 11.6 Å². The van der Waals surface area contributed by atoms with E-state index >= 15 is 0 Å². The van der Waals surface area contributed by atoms with Gasteiger partial charge in [-0.1, -0.05) is 0 Å². The smallest absolute Gasteiger partial charge is 0.128 e. The van der Waals surface area contributed by atoms with E-state index in [1.807, 2.05) is 18.2 Å². The largest absolute Gasteiger partial charge is 0.397 e. The molecule has 0 saturated heterocycles. The van der Waals surface area contributed by atoms with E-state index < -0.39 is 11.6 Å². The highest BCUT2D eigenvalue weighted by Gasteiger charge is 2.05. The number of anilines is 2. The third-order valence-electron chi connectivity index (χ3n) is 2.49. The molecule has 2 aromatic carbocycles. The van der Waals surface area contributed by atoms with Gasteiger partial charge >= 0.3 is 0 Å². The van der Waals surface area contributed by atoms with Crippen LogP contribution >= 0.6 is 22.6 Å². The Hall–Kier alpha value is -1.37. The maximum Gasteiger partial charge on any atom is 0.128 e. The van der Waals surface area contributed by atoms with Crippen LogP contribution in [0.5, 0.6) is 0 Å². The monoisotopic (exact) mass is 360 g/mol. The summed E-state index contributed by atoms with van der Waals surface area (Å²) in [7, 11) is 0. The standard InChI is InChI=1S/C13H11F2IN2/c14-9-1-3-11(15)8(5-9)7-18-13-4-2-10(16)6-12(13)17/h1-6,18H,7,17H2. The summed E-state index contributed by atoms with van der Waals surface area (Å²) in [6.07, 6.45) is 0. The van der Waals surface area contributed by atoms with Crippen LogP contribution in [0.3, 0.4) is 0 Å². The molecule has 0 aliphatic rings. The zero-order chi connectivity index (χ0) is 13.1. The Balaban J connectivity index is 2.13. The predicted molar refractivity (Wildman–Crippen MR) is 77.3 cm³/mol. The van der Waals surface area contributed by atoms with Gasteiger partial charge in [0.2, 0.25) is 0 Å². The fraction of sp³-hybridized carbons (Fsp3) is 0.0769. The van der Waals surface area contributed by atoms with Crippen molar-refractivity contribution in [3.05, 3.63) is 57.2 Å². The predicted octanol–water partition coefficient (Wildman–Crippen LogP) is 3.76. The second-order valence-electron chi connectivity index (χ2n) is 3.82. The molecule has 94 valence electrons. The molecule has 3 N–H and O–H groups in total. The van der Waals surface area contributed by atoms with Crippen LogP contribution in [0.1, 0.15) is 5.56 Å². The van der Waals surface area contributed by atoms with Crippen molar-refractivity contribution in [1.29, 1.82) is 0 Å². The minimum atomic E-state index is -0.455. The molecule has 0 fully saturated rings. The topological polar surface area (TPSA) is 38.0 Å². The van der Waals surface area contributed by atoms with Crippen LogP contribution in [0.15, 0.2) is 36.4 Å². The van der Waals surface area contributed by atoms with Gasteiger partial charge in [0.25, 0.3) is 0 Å². The summed E-state index contributed by atoms with van der Waals surface area (Å²) in [5, 5.41) is 2.99. The lowest BCUT2D eigenvalue weighted by molar-refractivity contribution is 0.587. The van der Waals surface area contributed by atoms with E-state index in [-0.39, 0.29) is 12.1 Å². The molecule has 0 atom stereocenters. The van der Waals surface area contributed by atoms with Crippen LogP contribution in [-0.2, 0) is 6.54 Å². The van der Waals surface area contributed by atoms with Crippen LogP contribution in [0.4, 0.5) is 20.2 Å². The van der Waals surface area contributed by atoms with Gasteiger partial charge in [-0.3, -0.25) is 0 Å². The first-order valence-electron chi connectivity index (χ1n) is 5.29.